The maximum absolute atomic E-state index is 11.7. The molecule has 0 spiro atoms. The van der Waals surface area contributed by atoms with Gasteiger partial charge in [0.1, 0.15) is 5.75 Å². The lowest BCUT2D eigenvalue weighted by Gasteiger charge is -2.15. The van der Waals surface area contributed by atoms with Gasteiger partial charge in [-0.3, -0.25) is 4.79 Å². The van der Waals surface area contributed by atoms with Crippen molar-refractivity contribution in [3.8, 4) is 11.8 Å². The van der Waals surface area contributed by atoms with Crippen LogP contribution in [0.15, 0.2) is 18.2 Å². The number of nitrogens with one attached hydrogen (secondary N) is 1. The van der Waals surface area contributed by atoms with Crippen molar-refractivity contribution in [2.24, 2.45) is 0 Å². The largest absolute Gasteiger partial charge is 0.483 e. The van der Waals surface area contributed by atoms with Crippen LogP contribution in [0.25, 0.3) is 0 Å². The van der Waals surface area contributed by atoms with Crippen molar-refractivity contribution in [3.05, 3.63) is 29.3 Å². The van der Waals surface area contributed by atoms with Crippen molar-refractivity contribution >= 4 is 5.91 Å². The average Bonchev–Trinajstić information content (AvgIpc) is 2.43. The van der Waals surface area contributed by atoms with Crippen molar-refractivity contribution in [1.82, 2.24) is 5.32 Å². The first-order valence-corrected chi connectivity index (χ1v) is 6.53. The minimum absolute atomic E-state index is 0.0216. The Labute approximate surface area is 114 Å². The lowest BCUT2D eigenvalue weighted by molar-refractivity contribution is -0.123. The molecule has 1 amide bonds. The summed E-state index contributed by atoms with van der Waals surface area (Å²) < 4.78 is 5.47. The predicted octanol–water partition coefficient (Wildman–Crippen LogP) is 2.55. The van der Waals surface area contributed by atoms with Crippen molar-refractivity contribution in [3.63, 3.8) is 0 Å². The fourth-order valence-corrected chi connectivity index (χ4v) is 1.73. The summed E-state index contributed by atoms with van der Waals surface area (Å²) in [5.41, 5.74) is 1.44. The highest BCUT2D eigenvalue weighted by Gasteiger charge is 2.10. The van der Waals surface area contributed by atoms with Crippen LogP contribution in [0.3, 0.4) is 0 Å². The number of benzene rings is 1. The molecule has 19 heavy (non-hydrogen) atoms. The molecule has 0 saturated carbocycles. The zero-order valence-corrected chi connectivity index (χ0v) is 11.7. The summed E-state index contributed by atoms with van der Waals surface area (Å²) in [6, 6.07) is 7.44. The number of rotatable bonds is 6. The Morgan fingerprint density at radius 2 is 2.11 bits per heavy atom. The second kappa shape index (κ2) is 7.42. The molecule has 0 aliphatic rings. The average molecular weight is 260 g/mol. The summed E-state index contributed by atoms with van der Waals surface area (Å²) in [7, 11) is 0. The van der Waals surface area contributed by atoms with Gasteiger partial charge in [0.15, 0.2) is 6.61 Å². The Kier molecular flexibility index (Phi) is 5.87. The van der Waals surface area contributed by atoms with E-state index in [0.717, 1.165) is 18.4 Å². The van der Waals surface area contributed by atoms with E-state index in [1.165, 1.54) is 0 Å². The van der Waals surface area contributed by atoms with E-state index < -0.39 is 0 Å². The molecule has 0 aliphatic heterocycles. The third-order valence-corrected chi connectivity index (χ3v) is 3.03. The van der Waals surface area contributed by atoms with Crippen molar-refractivity contribution in [1.29, 1.82) is 5.26 Å². The summed E-state index contributed by atoms with van der Waals surface area (Å²) in [6.07, 6.45) is 1.82. The third-order valence-electron chi connectivity index (χ3n) is 3.03. The van der Waals surface area contributed by atoms with Gasteiger partial charge in [-0.05, 0) is 37.5 Å². The molecule has 102 valence electrons. The second-order valence-corrected chi connectivity index (χ2v) is 4.46. The molecule has 0 aliphatic carbocycles. The van der Waals surface area contributed by atoms with E-state index in [1.54, 1.807) is 12.1 Å². The fraction of sp³-hybridized carbons (Fsp3) is 0.467. The van der Waals surface area contributed by atoms with Crippen molar-refractivity contribution < 1.29 is 9.53 Å². The zero-order valence-electron chi connectivity index (χ0n) is 11.7. The molecule has 0 fully saturated rings. The van der Waals surface area contributed by atoms with Gasteiger partial charge in [0.25, 0.3) is 5.91 Å². The molecule has 1 rings (SSSR count). The molecular formula is C15H20N2O2. The highest BCUT2D eigenvalue weighted by Crippen LogP contribution is 2.18. The van der Waals surface area contributed by atoms with Crippen LogP contribution >= 0.6 is 0 Å². The first kappa shape index (κ1) is 15.0. The van der Waals surface area contributed by atoms with E-state index in [2.05, 4.69) is 11.4 Å². The molecular weight excluding hydrogens is 240 g/mol. The fourth-order valence-electron chi connectivity index (χ4n) is 1.73. The number of ether oxygens (including phenoxy) is 1. The van der Waals surface area contributed by atoms with Gasteiger partial charge in [-0.15, -0.1) is 0 Å². The van der Waals surface area contributed by atoms with Gasteiger partial charge in [0, 0.05) is 6.04 Å². The van der Waals surface area contributed by atoms with Crippen LogP contribution < -0.4 is 10.1 Å². The van der Waals surface area contributed by atoms with Gasteiger partial charge in [-0.2, -0.15) is 5.26 Å². The molecule has 0 saturated heterocycles. The molecule has 1 aromatic carbocycles. The Bertz CT molecular complexity index is 474. The molecule has 1 aromatic rings. The Morgan fingerprint density at radius 3 is 2.68 bits per heavy atom. The summed E-state index contributed by atoms with van der Waals surface area (Å²) in [5, 5.41) is 11.7. The van der Waals surface area contributed by atoms with Gasteiger partial charge in [0.2, 0.25) is 0 Å². The minimum Gasteiger partial charge on any atom is -0.483 e. The lowest BCUT2D eigenvalue weighted by atomic mass is 10.1. The number of hydrogen-bond donors (Lipinski definition) is 1. The van der Waals surface area contributed by atoms with Gasteiger partial charge >= 0.3 is 0 Å². The molecule has 0 unspecified atom stereocenters. The first-order valence-electron chi connectivity index (χ1n) is 6.53. The summed E-state index contributed by atoms with van der Waals surface area (Å²) in [5.74, 6) is 0.453. The highest BCUT2D eigenvalue weighted by molar-refractivity contribution is 5.77. The van der Waals surface area contributed by atoms with E-state index >= 15 is 0 Å². The molecule has 0 heterocycles. The van der Waals surface area contributed by atoms with E-state index in [-0.39, 0.29) is 18.6 Å². The summed E-state index contributed by atoms with van der Waals surface area (Å²) >= 11 is 0. The number of aryl methyl sites for hydroxylation is 1. The van der Waals surface area contributed by atoms with Crippen LogP contribution in [-0.2, 0) is 4.79 Å². The smallest absolute Gasteiger partial charge is 0.258 e. The molecule has 4 nitrogen and oxygen atoms in total. The predicted molar refractivity (Wildman–Crippen MR) is 73.9 cm³/mol. The van der Waals surface area contributed by atoms with E-state index in [9.17, 15) is 4.79 Å². The van der Waals surface area contributed by atoms with Gasteiger partial charge in [-0.25, -0.2) is 0 Å². The minimum atomic E-state index is -0.129. The molecule has 0 bridgehead atoms. The van der Waals surface area contributed by atoms with Crippen LogP contribution in [0.1, 0.15) is 37.8 Å². The van der Waals surface area contributed by atoms with Gasteiger partial charge in [0.05, 0.1) is 11.6 Å². The second-order valence-electron chi connectivity index (χ2n) is 4.46. The molecule has 0 radical (unpaired) electrons. The Hall–Kier alpha value is -2.02. The number of hydrogen-bond acceptors (Lipinski definition) is 3. The SMILES string of the molecule is CCC(CC)NC(=O)COc1cc(C#N)ccc1C. The summed E-state index contributed by atoms with van der Waals surface area (Å²) in [6.45, 7) is 5.94. The van der Waals surface area contributed by atoms with Crippen LogP contribution in [-0.4, -0.2) is 18.6 Å². The molecule has 4 heteroatoms. The van der Waals surface area contributed by atoms with E-state index in [0.29, 0.717) is 11.3 Å². The monoisotopic (exact) mass is 260 g/mol. The van der Waals surface area contributed by atoms with Gasteiger partial charge < -0.3 is 10.1 Å². The van der Waals surface area contributed by atoms with Crippen LogP contribution in [0.5, 0.6) is 5.75 Å². The number of carbonyl (C=O) groups is 1. The normalized spacial score (nSPS) is 10.1. The third kappa shape index (κ3) is 4.63. The number of amides is 1. The van der Waals surface area contributed by atoms with Crippen molar-refractivity contribution in [2.45, 2.75) is 39.7 Å². The standard InChI is InChI=1S/C15H20N2O2/c1-4-13(5-2)17-15(18)10-19-14-8-12(9-16)7-6-11(14)3/h6-8,13H,4-5,10H2,1-3H3,(H,17,18). The molecule has 1 N–H and O–H groups in total. The number of nitriles is 1. The summed E-state index contributed by atoms with van der Waals surface area (Å²) in [4.78, 5) is 11.7. The van der Waals surface area contributed by atoms with E-state index in [1.807, 2.05) is 26.8 Å². The van der Waals surface area contributed by atoms with Crippen LogP contribution in [0, 0.1) is 18.3 Å². The maximum atomic E-state index is 11.7. The van der Waals surface area contributed by atoms with E-state index in [4.69, 9.17) is 10.00 Å². The topological polar surface area (TPSA) is 62.1 Å². The van der Waals surface area contributed by atoms with Crippen molar-refractivity contribution in [2.75, 3.05) is 6.61 Å². The van der Waals surface area contributed by atoms with Gasteiger partial charge in [-0.1, -0.05) is 19.9 Å². The quantitative estimate of drug-likeness (QED) is 0.855. The Morgan fingerprint density at radius 1 is 1.42 bits per heavy atom. The van der Waals surface area contributed by atoms with Crippen LogP contribution in [0.2, 0.25) is 0 Å². The zero-order chi connectivity index (χ0) is 14.3. The van der Waals surface area contributed by atoms with Crippen LogP contribution in [0.4, 0.5) is 0 Å². The first-order chi connectivity index (χ1) is 9.10. The highest BCUT2D eigenvalue weighted by atomic mass is 16.5. The Balaban J connectivity index is 2.57. The maximum Gasteiger partial charge on any atom is 0.258 e. The number of carbonyl (C=O) groups excluding carboxylic acids is 1. The number of nitrogens with zero attached hydrogens (tertiary/aromatic N) is 1. The molecule has 0 atom stereocenters. The lowest BCUT2D eigenvalue weighted by Crippen LogP contribution is -2.37. The molecule has 0 aromatic heterocycles.